The van der Waals surface area contributed by atoms with Crippen LogP contribution in [0, 0.1) is 0 Å². The number of nitrogens with one attached hydrogen (secondary N) is 2. The molecule has 0 saturated carbocycles. The summed E-state index contributed by atoms with van der Waals surface area (Å²) in [6, 6.07) is 5.00. The van der Waals surface area contributed by atoms with E-state index in [1.807, 2.05) is 6.92 Å². The van der Waals surface area contributed by atoms with E-state index in [0.717, 1.165) is 5.56 Å². The quantitative estimate of drug-likeness (QED) is 0.722. The van der Waals surface area contributed by atoms with Gasteiger partial charge in [0.05, 0.1) is 6.61 Å². The fourth-order valence-corrected chi connectivity index (χ4v) is 1.46. The molecule has 6 nitrogen and oxygen atoms in total. The Labute approximate surface area is 119 Å². The molecule has 1 aromatic rings. The standard InChI is InChI=1S/C14H22N2O4/c1-5-19-12-8-10(6-7-11(12)17)9-15-16-13(18)20-14(2,3)4/h6-8,15,17H,5,9H2,1-4H3,(H,16,18). The Balaban J connectivity index is 2.46. The molecule has 0 saturated heterocycles. The number of phenolic OH excluding ortho intramolecular Hbond substituents is 1. The van der Waals surface area contributed by atoms with E-state index >= 15 is 0 Å². The molecule has 0 heterocycles. The number of aromatic hydroxyl groups is 1. The van der Waals surface area contributed by atoms with E-state index < -0.39 is 11.7 Å². The average Bonchev–Trinajstić information content (AvgIpc) is 2.31. The molecule has 0 spiro atoms. The molecule has 3 N–H and O–H groups in total. The minimum Gasteiger partial charge on any atom is -0.504 e. The SMILES string of the molecule is CCOc1cc(CNNC(=O)OC(C)(C)C)ccc1O. The molecule has 1 aromatic carbocycles. The van der Waals surface area contributed by atoms with Crippen LogP contribution in [-0.4, -0.2) is 23.4 Å². The van der Waals surface area contributed by atoms with Gasteiger partial charge in [-0.25, -0.2) is 10.2 Å². The van der Waals surface area contributed by atoms with Crippen LogP contribution in [0.25, 0.3) is 0 Å². The van der Waals surface area contributed by atoms with Crippen LogP contribution in [0.1, 0.15) is 33.3 Å². The van der Waals surface area contributed by atoms with Gasteiger partial charge >= 0.3 is 6.09 Å². The molecule has 0 bridgehead atoms. The first-order chi connectivity index (χ1) is 9.31. The van der Waals surface area contributed by atoms with Gasteiger partial charge in [-0.3, -0.25) is 5.43 Å². The van der Waals surface area contributed by atoms with E-state index in [9.17, 15) is 9.90 Å². The average molecular weight is 282 g/mol. The van der Waals surface area contributed by atoms with Gasteiger partial charge < -0.3 is 14.6 Å². The second-order valence-electron chi connectivity index (χ2n) is 5.22. The Bertz CT molecular complexity index is 455. The van der Waals surface area contributed by atoms with Crippen molar-refractivity contribution >= 4 is 6.09 Å². The number of hydrogen-bond donors (Lipinski definition) is 3. The predicted molar refractivity (Wildman–Crippen MR) is 75.5 cm³/mol. The zero-order valence-electron chi connectivity index (χ0n) is 12.3. The van der Waals surface area contributed by atoms with Gasteiger partial charge in [0.25, 0.3) is 0 Å². The fourth-order valence-electron chi connectivity index (χ4n) is 1.46. The first-order valence-electron chi connectivity index (χ1n) is 6.48. The van der Waals surface area contributed by atoms with Crippen LogP contribution < -0.4 is 15.6 Å². The molecule has 0 aliphatic carbocycles. The van der Waals surface area contributed by atoms with Gasteiger partial charge in [0.1, 0.15) is 5.60 Å². The lowest BCUT2D eigenvalue weighted by molar-refractivity contribution is 0.0497. The summed E-state index contributed by atoms with van der Waals surface area (Å²) >= 11 is 0. The molecule has 0 unspecified atom stereocenters. The largest absolute Gasteiger partial charge is 0.504 e. The number of ether oxygens (including phenoxy) is 2. The normalized spacial score (nSPS) is 11.0. The number of hydrazine groups is 1. The maximum atomic E-state index is 11.4. The molecular weight excluding hydrogens is 260 g/mol. The molecule has 0 atom stereocenters. The van der Waals surface area contributed by atoms with Crippen molar-refractivity contribution in [3.05, 3.63) is 23.8 Å². The van der Waals surface area contributed by atoms with Crippen molar-refractivity contribution in [2.75, 3.05) is 6.61 Å². The van der Waals surface area contributed by atoms with E-state index in [4.69, 9.17) is 9.47 Å². The van der Waals surface area contributed by atoms with E-state index in [2.05, 4.69) is 10.9 Å². The molecule has 1 amide bonds. The van der Waals surface area contributed by atoms with Crippen LogP contribution in [-0.2, 0) is 11.3 Å². The number of carbonyl (C=O) groups excluding carboxylic acids is 1. The molecule has 0 aromatic heterocycles. The second kappa shape index (κ2) is 7.00. The number of carbonyl (C=O) groups is 1. The highest BCUT2D eigenvalue weighted by atomic mass is 16.6. The Kier molecular flexibility index (Phi) is 5.64. The van der Waals surface area contributed by atoms with Gasteiger partial charge in [0.15, 0.2) is 11.5 Å². The van der Waals surface area contributed by atoms with Gasteiger partial charge in [-0.2, -0.15) is 0 Å². The lowest BCUT2D eigenvalue weighted by Gasteiger charge is -2.19. The summed E-state index contributed by atoms with van der Waals surface area (Å²) in [6.07, 6.45) is -0.540. The zero-order chi connectivity index (χ0) is 15.2. The highest BCUT2D eigenvalue weighted by molar-refractivity contribution is 5.66. The van der Waals surface area contributed by atoms with Crippen LogP contribution in [0.3, 0.4) is 0 Å². The lowest BCUT2D eigenvalue weighted by atomic mass is 10.2. The summed E-state index contributed by atoms with van der Waals surface area (Å²) in [5, 5.41) is 9.57. The van der Waals surface area contributed by atoms with Crippen molar-refractivity contribution in [3.8, 4) is 11.5 Å². The highest BCUT2D eigenvalue weighted by Gasteiger charge is 2.15. The Morgan fingerprint density at radius 3 is 2.65 bits per heavy atom. The third-order valence-electron chi connectivity index (χ3n) is 2.21. The molecule has 6 heteroatoms. The van der Waals surface area contributed by atoms with Gasteiger partial charge in [-0.05, 0) is 45.4 Å². The molecule has 0 radical (unpaired) electrons. The number of phenols is 1. The maximum Gasteiger partial charge on any atom is 0.422 e. The predicted octanol–water partition coefficient (Wildman–Crippen LogP) is 2.32. The topological polar surface area (TPSA) is 79.8 Å². The first-order valence-corrected chi connectivity index (χ1v) is 6.48. The van der Waals surface area contributed by atoms with Crippen molar-refractivity contribution < 1.29 is 19.4 Å². The maximum absolute atomic E-state index is 11.4. The van der Waals surface area contributed by atoms with E-state index in [1.54, 1.807) is 39.0 Å². The summed E-state index contributed by atoms with van der Waals surface area (Å²) in [6.45, 7) is 8.08. The number of rotatable bonds is 5. The molecular formula is C14H22N2O4. The summed E-state index contributed by atoms with van der Waals surface area (Å²) in [5.74, 6) is 0.514. The minimum atomic E-state index is -0.540. The number of benzene rings is 1. The number of amides is 1. The zero-order valence-corrected chi connectivity index (χ0v) is 12.3. The molecule has 112 valence electrons. The van der Waals surface area contributed by atoms with Crippen molar-refractivity contribution in [2.45, 2.75) is 39.8 Å². The van der Waals surface area contributed by atoms with Crippen LogP contribution in [0.4, 0.5) is 4.79 Å². The molecule has 0 aliphatic rings. The smallest absolute Gasteiger partial charge is 0.422 e. The van der Waals surface area contributed by atoms with Crippen molar-refractivity contribution in [1.29, 1.82) is 0 Å². The van der Waals surface area contributed by atoms with Gasteiger partial charge in [0, 0.05) is 6.54 Å². The molecule has 1 rings (SSSR count). The van der Waals surface area contributed by atoms with Gasteiger partial charge in [0.2, 0.25) is 0 Å². The Hall–Kier alpha value is -1.95. The minimum absolute atomic E-state index is 0.0932. The van der Waals surface area contributed by atoms with Crippen LogP contribution in [0.2, 0.25) is 0 Å². The first kappa shape index (κ1) is 16.1. The summed E-state index contributed by atoms with van der Waals surface area (Å²) in [7, 11) is 0. The summed E-state index contributed by atoms with van der Waals surface area (Å²) in [5.41, 5.74) is 5.52. The Morgan fingerprint density at radius 1 is 1.35 bits per heavy atom. The van der Waals surface area contributed by atoms with Crippen LogP contribution >= 0.6 is 0 Å². The van der Waals surface area contributed by atoms with Gasteiger partial charge in [-0.15, -0.1) is 0 Å². The number of hydrogen-bond acceptors (Lipinski definition) is 5. The van der Waals surface area contributed by atoms with Crippen LogP contribution in [0.15, 0.2) is 18.2 Å². The van der Waals surface area contributed by atoms with E-state index in [1.165, 1.54) is 0 Å². The molecule has 0 aliphatic heterocycles. The third kappa shape index (κ3) is 5.79. The lowest BCUT2D eigenvalue weighted by Crippen LogP contribution is -2.40. The molecule has 20 heavy (non-hydrogen) atoms. The Morgan fingerprint density at radius 2 is 2.05 bits per heavy atom. The van der Waals surface area contributed by atoms with E-state index in [0.29, 0.717) is 18.9 Å². The highest BCUT2D eigenvalue weighted by Crippen LogP contribution is 2.26. The van der Waals surface area contributed by atoms with Gasteiger partial charge in [-0.1, -0.05) is 6.07 Å². The fraction of sp³-hybridized carbons (Fsp3) is 0.500. The summed E-state index contributed by atoms with van der Waals surface area (Å²) in [4.78, 5) is 11.4. The third-order valence-corrected chi connectivity index (χ3v) is 2.21. The van der Waals surface area contributed by atoms with Crippen molar-refractivity contribution in [2.24, 2.45) is 0 Å². The second-order valence-corrected chi connectivity index (χ2v) is 5.22. The van der Waals surface area contributed by atoms with Crippen LogP contribution in [0.5, 0.6) is 11.5 Å². The van der Waals surface area contributed by atoms with E-state index in [-0.39, 0.29) is 5.75 Å². The van der Waals surface area contributed by atoms with Crippen molar-refractivity contribution in [3.63, 3.8) is 0 Å². The summed E-state index contributed by atoms with van der Waals surface area (Å²) < 4.78 is 10.4. The van der Waals surface area contributed by atoms with Crippen molar-refractivity contribution in [1.82, 2.24) is 10.9 Å². The monoisotopic (exact) mass is 282 g/mol. The molecule has 0 fully saturated rings.